The van der Waals surface area contributed by atoms with Gasteiger partial charge in [-0.15, -0.1) is 0 Å². The molecule has 3 atom stereocenters. The minimum atomic E-state index is -0.928. The fourth-order valence-electron chi connectivity index (χ4n) is 5.82. The summed E-state index contributed by atoms with van der Waals surface area (Å²) < 4.78 is 0. The molecule has 8 heteroatoms. The van der Waals surface area contributed by atoms with Crippen LogP contribution in [0.1, 0.15) is 86.7 Å². The summed E-state index contributed by atoms with van der Waals surface area (Å²) in [6.45, 7) is 4.70. The maximum atomic E-state index is 13.6. The van der Waals surface area contributed by atoms with Gasteiger partial charge in [-0.2, -0.15) is 0 Å². The Morgan fingerprint density at radius 3 is 2.46 bits per heavy atom. The predicted octanol–water partition coefficient (Wildman–Crippen LogP) is 3.89. The first-order chi connectivity index (χ1) is 19.8. The first-order valence-electron chi connectivity index (χ1n) is 15.3. The van der Waals surface area contributed by atoms with Crippen LogP contribution in [-0.2, 0) is 22.4 Å². The molecule has 2 fully saturated rings. The third-order valence-electron chi connectivity index (χ3n) is 8.22. The molecule has 2 aromatic rings. The zero-order chi connectivity index (χ0) is 29.2. The molecule has 1 heterocycles. The summed E-state index contributed by atoms with van der Waals surface area (Å²) in [6, 6.07) is 14.6. The van der Waals surface area contributed by atoms with Crippen molar-refractivity contribution >= 4 is 23.4 Å². The molecule has 1 saturated heterocycles. The lowest BCUT2D eigenvalue weighted by atomic mass is 9.95. The summed E-state index contributed by atoms with van der Waals surface area (Å²) in [6.07, 6.45) is 8.10. The Hall–Kier alpha value is -3.23. The second kappa shape index (κ2) is 15.1. The molecule has 1 unspecified atom stereocenters. The van der Waals surface area contributed by atoms with E-state index in [2.05, 4.69) is 22.9 Å². The van der Waals surface area contributed by atoms with Crippen molar-refractivity contribution in [3.8, 4) is 0 Å². The van der Waals surface area contributed by atoms with Gasteiger partial charge in [0.25, 0.3) is 5.91 Å². The van der Waals surface area contributed by atoms with Gasteiger partial charge in [0.1, 0.15) is 0 Å². The monoisotopic (exact) mass is 562 g/mol. The number of benzene rings is 2. The highest BCUT2D eigenvalue weighted by atomic mass is 16.3. The molecule has 0 aromatic heterocycles. The molecular formula is C33H46N4O4. The Balaban J connectivity index is 1.45. The lowest BCUT2D eigenvalue weighted by Gasteiger charge is -2.28. The van der Waals surface area contributed by atoms with E-state index in [1.807, 2.05) is 42.5 Å². The Morgan fingerprint density at radius 1 is 1.02 bits per heavy atom. The van der Waals surface area contributed by atoms with E-state index in [1.165, 1.54) is 6.42 Å². The van der Waals surface area contributed by atoms with Crippen LogP contribution in [0.5, 0.6) is 0 Å². The van der Waals surface area contributed by atoms with Crippen molar-refractivity contribution in [2.45, 2.75) is 102 Å². The van der Waals surface area contributed by atoms with Gasteiger partial charge in [0.15, 0.2) is 0 Å². The maximum absolute atomic E-state index is 13.6. The van der Waals surface area contributed by atoms with E-state index in [1.54, 1.807) is 17.9 Å². The molecule has 0 spiro atoms. The highest BCUT2D eigenvalue weighted by Crippen LogP contribution is 2.25. The number of rotatable bonds is 13. The molecule has 0 bridgehead atoms. The van der Waals surface area contributed by atoms with E-state index in [0.29, 0.717) is 24.9 Å². The Kier molecular flexibility index (Phi) is 11.3. The second-order valence-corrected chi connectivity index (χ2v) is 11.6. The Labute approximate surface area is 244 Å². The highest BCUT2D eigenvalue weighted by Gasteiger charge is 2.27. The zero-order valence-electron chi connectivity index (χ0n) is 24.5. The normalized spacial score (nSPS) is 18.1. The van der Waals surface area contributed by atoms with Crippen molar-refractivity contribution in [1.82, 2.24) is 16.0 Å². The fourth-order valence-corrected chi connectivity index (χ4v) is 5.82. The van der Waals surface area contributed by atoms with Crippen LogP contribution in [0.3, 0.4) is 0 Å². The number of amides is 3. The maximum Gasteiger partial charge on any atom is 0.251 e. The SMILES string of the molecule is CCCc1cc(C(=O)NC(Cc2ccccc2)[C@H](O)CN[C@@H](C)C(=O)NC2CCCCC2)cc(N2CCCC2=O)c1. The average Bonchev–Trinajstić information content (AvgIpc) is 3.42. The largest absolute Gasteiger partial charge is 0.390 e. The van der Waals surface area contributed by atoms with Gasteiger partial charge in [-0.1, -0.05) is 62.9 Å². The molecule has 222 valence electrons. The summed E-state index contributed by atoms with van der Waals surface area (Å²) in [5, 5.41) is 20.6. The van der Waals surface area contributed by atoms with Gasteiger partial charge >= 0.3 is 0 Å². The molecule has 0 radical (unpaired) electrons. The van der Waals surface area contributed by atoms with Crippen LogP contribution < -0.4 is 20.9 Å². The summed E-state index contributed by atoms with van der Waals surface area (Å²) in [7, 11) is 0. The molecule has 1 aliphatic carbocycles. The molecule has 4 rings (SSSR count). The molecular weight excluding hydrogens is 516 g/mol. The topological polar surface area (TPSA) is 111 Å². The molecule has 1 saturated carbocycles. The van der Waals surface area contributed by atoms with E-state index in [-0.39, 0.29) is 30.3 Å². The van der Waals surface area contributed by atoms with E-state index in [4.69, 9.17) is 0 Å². The van der Waals surface area contributed by atoms with Gasteiger partial charge in [0, 0.05) is 36.8 Å². The van der Waals surface area contributed by atoms with Crippen LogP contribution >= 0.6 is 0 Å². The first kappa shape index (κ1) is 30.7. The lowest BCUT2D eigenvalue weighted by molar-refractivity contribution is -0.123. The van der Waals surface area contributed by atoms with Crippen molar-refractivity contribution in [1.29, 1.82) is 0 Å². The number of nitrogens with one attached hydrogen (secondary N) is 3. The van der Waals surface area contributed by atoms with Gasteiger partial charge in [-0.05, 0) is 68.4 Å². The van der Waals surface area contributed by atoms with Crippen LogP contribution in [0.15, 0.2) is 48.5 Å². The van der Waals surface area contributed by atoms with Crippen molar-refractivity contribution in [3.63, 3.8) is 0 Å². The van der Waals surface area contributed by atoms with Crippen molar-refractivity contribution in [3.05, 3.63) is 65.2 Å². The van der Waals surface area contributed by atoms with Crippen molar-refractivity contribution in [2.75, 3.05) is 18.0 Å². The molecule has 1 aliphatic heterocycles. The predicted molar refractivity (Wildman–Crippen MR) is 162 cm³/mol. The minimum absolute atomic E-state index is 0.0653. The molecule has 3 amide bonds. The minimum Gasteiger partial charge on any atom is -0.390 e. The average molecular weight is 563 g/mol. The summed E-state index contributed by atoms with van der Waals surface area (Å²) in [5.74, 6) is -0.279. The van der Waals surface area contributed by atoms with Crippen LogP contribution in [0.2, 0.25) is 0 Å². The molecule has 8 nitrogen and oxygen atoms in total. The lowest BCUT2D eigenvalue weighted by Crippen LogP contribution is -2.53. The van der Waals surface area contributed by atoms with Crippen LogP contribution in [-0.4, -0.2) is 60.1 Å². The van der Waals surface area contributed by atoms with Gasteiger partial charge in [-0.25, -0.2) is 0 Å². The zero-order valence-corrected chi connectivity index (χ0v) is 24.5. The van der Waals surface area contributed by atoms with Gasteiger partial charge < -0.3 is 26.0 Å². The van der Waals surface area contributed by atoms with Crippen molar-refractivity contribution < 1.29 is 19.5 Å². The Morgan fingerprint density at radius 2 is 1.78 bits per heavy atom. The van der Waals surface area contributed by atoms with Gasteiger partial charge in [0.2, 0.25) is 11.8 Å². The molecule has 2 aromatic carbocycles. The third-order valence-corrected chi connectivity index (χ3v) is 8.22. The highest BCUT2D eigenvalue weighted by molar-refractivity contribution is 5.99. The van der Waals surface area contributed by atoms with E-state index in [0.717, 1.165) is 61.8 Å². The van der Waals surface area contributed by atoms with Crippen molar-refractivity contribution in [2.24, 2.45) is 0 Å². The molecule has 41 heavy (non-hydrogen) atoms. The first-order valence-corrected chi connectivity index (χ1v) is 15.3. The van der Waals surface area contributed by atoms with Crippen LogP contribution in [0.25, 0.3) is 0 Å². The number of aliphatic hydroxyl groups is 1. The quantitative estimate of drug-likeness (QED) is 0.296. The number of carbonyl (C=O) groups is 3. The van der Waals surface area contributed by atoms with Crippen LogP contribution in [0, 0.1) is 0 Å². The van der Waals surface area contributed by atoms with Gasteiger partial charge in [-0.3, -0.25) is 14.4 Å². The van der Waals surface area contributed by atoms with E-state index in [9.17, 15) is 19.5 Å². The smallest absolute Gasteiger partial charge is 0.251 e. The molecule has 4 N–H and O–H groups in total. The van der Waals surface area contributed by atoms with Crippen LogP contribution in [0.4, 0.5) is 5.69 Å². The number of hydrogen-bond donors (Lipinski definition) is 4. The van der Waals surface area contributed by atoms with E-state index < -0.39 is 18.2 Å². The number of aliphatic hydroxyl groups excluding tert-OH is 1. The number of nitrogens with zero attached hydrogens (tertiary/aromatic N) is 1. The fraction of sp³-hybridized carbons (Fsp3) is 0.545. The van der Waals surface area contributed by atoms with Gasteiger partial charge in [0.05, 0.1) is 18.2 Å². The third kappa shape index (κ3) is 8.88. The second-order valence-electron chi connectivity index (χ2n) is 11.6. The standard InChI is InChI=1S/C33H46N4O4/c1-3-11-25-18-26(21-28(19-25)37-17-10-16-31(37)39)33(41)36-29(20-24-12-6-4-7-13-24)30(38)22-34-23(2)32(40)35-27-14-8-5-9-15-27/h4,6-7,12-13,18-19,21,23,27,29-30,34,38H,3,5,8-11,14-17,20,22H2,1-2H3,(H,35,40)(H,36,41)/t23-,29?,30+/m0/s1. The number of aryl methyl sites for hydroxylation is 1. The number of anilines is 1. The number of carbonyl (C=O) groups excluding carboxylic acids is 3. The Bertz CT molecular complexity index is 1170. The summed E-state index contributed by atoms with van der Waals surface area (Å²) >= 11 is 0. The summed E-state index contributed by atoms with van der Waals surface area (Å²) in [5.41, 5.74) is 3.23. The number of hydrogen-bond acceptors (Lipinski definition) is 5. The molecule has 2 aliphatic rings. The van der Waals surface area contributed by atoms with E-state index >= 15 is 0 Å². The summed E-state index contributed by atoms with van der Waals surface area (Å²) in [4.78, 5) is 40.6.